The quantitative estimate of drug-likeness (QED) is 0.446. The molecule has 2 aromatic carbocycles. The lowest BCUT2D eigenvalue weighted by Crippen LogP contribution is -2.44. The second-order valence-electron chi connectivity index (χ2n) is 9.46. The Kier molecular flexibility index (Phi) is 9.16. The molecule has 3 N–H and O–H groups in total. The topological polar surface area (TPSA) is 102 Å². The summed E-state index contributed by atoms with van der Waals surface area (Å²) in [6, 6.07) is 16.7. The number of alkyl halides is 3. The Bertz CT molecular complexity index is 1250. The molecule has 0 unspecified atom stereocenters. The molecule has 1 fully saturated rings. The first-order chi connectivity index (χ1) is 17.8. The number of nitrogens with zero attached hydrogens (tertiary/aromatic N) is 3. The van der Waals surface area contributed by atoms with Gasteiger partial charge in [0, 0.05) is 49.0 Å². The maximum absolute atomic E-state index is 12.5. The number of carbonyl (C=O) groups excluding carboxylic acids is 1. The number of H-pyrrole nitrogens is 1. The van der Waals surface area contributed by atoms with E-state index in [0.29, 0.717) is 5.56 Å². The average molecular weight is 532 g/mol. The van der Waals surface area contributed by atoms with Crippen molar-refractivity contribution in [3.05, 3.63) is 59.7 Å². The second-order valence-corrected chi connectivity index (χ2v) is 9.46. The molecule has 1 aromatic heterocycles. The largest absolute Gasteiger partial charge is 0.490 e. The first kappa shape index (κ1) is 28.7. The Hall–Kier alpha value is -3.86. The number of hydrogen-bond acceptors (Lipinski definition) is 5. The highest BCUT2D eigenvalue weighted by Crippen LogP contribution is 2.27. The van der Waals surface area contributed by atoms with Gasteiger partial charge in [0.25, 0.3) is 5.91 Å². The Labute approximate surface area is 219 Å². The predicted molar refractivity (Wildman–Crippen MR) is 140 cm³/mol. The van der Waals surface area contributed by atoms with Gasteiger partial charge in [-0.1, -0.05) is 24.3 Å². The van der Waals surface area contributed by atoms with Crippen molar-refractivity contribution in [2.24, 2.45) is 0 Å². The highest BCUT2D eigenvalue weighted by atomic mass is 19.4. The van der Waals surface area contributed by atoms with Gasteiger partial charge in [0.2, 0.25) is 0 Å². The van der Waals surface area contributed by atoms with Gasteiger partial charge in [0.1, 0.15) is 0 Å². The van der Waals surface area contributed by atoms with Gasteiger partial charge in [-0.05, 0) is 63.2 Å². The first-order valence-electron chi connectivity index (χ1n) is 12.2. The Morgan fingerprint density at radius 1 is 1.00 bits per heavy atom. The standard InChI is InChI=1S/C25H31N5O.C2HF3O2/c1-17(2)26-25(31)22-15-20(6-5-18(22)3)24-16-23(27-28-24)19-7-9-21(10-8-19)30-13-11-29(4)12-14-30;3-2(4,5)1(6)7/h5-10,15-17H,11-14H2,1-4H3,(H,26,31)(H,27,28);(H,6,7). The van der Waals surface area contributed by atoms with Gasteiger partial charge >= 0.3 is 12.1 Å². The van der Waals surface area contributed by atoms with Crippen LogP contribution in [0.5, 0.6) is 0 Å². The van der Waals surface area contributed by atoms with E-state index in [1.165, 1.54) is 5.69 Å². The van der Waals surface area contributed by atoms with Crippen LogP contribution >= 0.6 is 0 Å². The number of piperazine rings is 1. The molecule has 8 nitrogen and oxygen atoms in total. The number of carbonyl (C=O) groups is 2. The van der Waals surface area contributed by atoms with E-state index in [-0.39, 0.29) is 11.9 Å². The van der Waals surface area contributed by atoms with E-state index in [0.717, 1.165) is 54.3 Å². The molecule has 2 heterocycles. The summed E-state index contributed by atoms with van der Waals surface area (Å²) >= 11 is 0. The van der Waals surface area contributed by atoms with Gasteiger partial charge < -0.3 is 20.2 Å². The van der Waals surface area contributed by atoms with Crippen molar-refractivity contribution in [3.63, 3.8) is 0 Å². The summed E-state index contributed by atoms with van der Waals surface area (Å²) in [5.74, 6) is -2.81. The summed E-state index contributed by atoms with van der Waals surface area (Å²) in [4.78, 5) is 26.2. The van der Waals surface area contributed by atoms with Crippen molar-refractivity contribution < 1.29 is 27.9 Å². The second kappa shape index (κ2) is 12.1. The molecule has 38 heavy (non-hydrogen) atoms. The molecule has 0 saturated carbocycles. The van der Waals surface area contributed by atoms with Crippen molar-refractivity contribution in [1.82, 2.24) is 20.4 Å². The van der Waals surface area contributed by atoms with Crippen LogP contribution in [-0.4, -0.2) is 77.5 Å². The number of aromatic nitrogens is 2. The summed E-state index contributed by atoms with van der Waals surface area (Å²) in [6.45, 7) is 10.2. The molecule has 0 aliphatic carbocycles. The lowest BCUT2D eigenvalue weighted by atomic mass is 10.0. The molecular weight excluding hydrogens is 499 g/mol. The monoisotopic (exact) mass is 531 g/mol. The van der Waals surface area contributed by atoms with Crippen LogP contribution in [-0.2, 0) is 4.79 Å². The number of benzene rings is 2. The molecule has 0 spiro atoms. The molecule has 1 aliphatic heterocycles. The third-order valence-corrected chi connectivity index (χ3v) is 6.06. The van der Waals surface area contributed by atoms with Crippen molar-refractivity contribution in [3.8, 4) is 22.5 Å². The highest BCUT2D eigenvalue weighted by molar-refractivity contribution is 5.97. The number of carboxylic acid groups (broad SMARTS) is 1. The van der Waals surface area contributed by atoms with Crippen molar-refractivity contribution in [2.45, 2.75) is 33.0 Å². The zero-order valence-corrected chi connectivity index (χ0v) is 21.8. The summed E-state index contributed by atoms with van der Waals surface area (Å²) in [5, 5.41) is 17.7. The maximum Gasteiger partial charge on any atom is 0.490 e. The van der Waals surface area contributed by atoms with E-state index < -0.39 is 12.1 Å². The zero-order chi connectivity index (χ0) is 28.0. The Morgan fingerprint density at radius 3 is 2.13 bits per heavy atom. The van der Waals surface area contributed by atoms with E-state index in [4.69, 9.17) is 9.90 Å². The number of rotatable bonds is 5. The third-order valence-electron chi connectivity index (χ3n) is 6.06. The number of nitrogens with one attached hydrogen (secondary N) is 2. The fourth-order valence-electron chi connectivity index (χ4n) is 3.90. The molecule has 0 bridgehead atoms. The SMILES string of the molecule is Cc1ccc(-c2cc(-c3ccc(N4CCN(C)CC4)cc3)[nH]n2)cc1C(=O)NC(C)C.O=C(O)C(F)(F)F. The van der Waals surface area contributed by atoms with Gasteiger partial charge in [0.05, 0.1) is 11.4 Å². The molecule has 1 amide bonds. The number of amides is 1. The van der Waals surface area contributed by atoms with Crippen molar-refractivity contribution in [2.75, 3.05) is 38.1 Å². The van der Waals surface area contributed by atoms with Crippen LogP contribution in [0.1, 0.15) is 29.8 Å². The number of carboxylic acids is 1. The predicted octanol–water partition coefficient (Wildman–Crippen LogP) is 4.58. The number of anilines is 1. The van der Waals surface area contributed by atoms with Gasteiger partial charge in [-0.25, -0.2) is 4.79 Å². The number of halogens is 3. The minimum absolute atomic E-state index is 0.0513. The molecule has 11 heteroatoms. The molecule has 4 rings (SSSR count). The zero-order valence-electron chi connectivity index (χ0n) is 21.8. The molecular formula is C27H32F3N5O3. The maximum atomic E-state index is 12.5. The normalized spacial score (nSPS) is 14.2. The number of likely N-dealkylation sites (N-methyl/N-ethyl adjacent to an activating group) is 1. The number of aryl methyl sites for hydroxylation is 1. The van der Waals surface area contributed by atoms with Crippen LogP contribution in [0.2, 0.25) is 0 Å². The van der Waals surface area contributed by atoms with Crippen LogP contribution < -0.4 is 10.2 Å². The fourth-order valence-corrected chi connectivity index (χ4v) is 3.90. The minimum Gasteiger partial charge on any atom is -0.475 e. The van der Waals surface area contributed by atoms with E-state index in [2.05, 4.69) is 56.6 Å². The molecule has 0 atom stereocenters. The first-order valence-corrected chi connectivity index (χ1v) is 12.2. The van der Waals surface area contributed by atoms with Crippen LogP contribution in [0.25, 0.3) is 22.5 Å². The van der Waals surface area contributed by atoms with E-state index in [9.17, 15) is 18.0 Å². The van der Waals surface area contributed by atoms with Crippen molar-refractivity contribution in [1.29, 1.82) is 0 Å². The van der Waals surface area contributed by atoms with Gasteiger partial charge in [-0.15, -0.1) is 0 Å². The summed E-state index contributed by atoms with van der Waals surface area (Å²) in [7, 11) is 2.17. The smallest absolute Gasteiger partial charge is 0.475 e. The van der Waals surface area contributed by atoms with E-state index in [1.54, 1.807) is 0 Å². The lowest BCUT2D eigenvalue weighted by molar-refractivity contribution is -0.192. The molecule has 0 radical (unpaired) electrons. The van der Waals surface area contributed by atoms with Gasteiger partial charge in [0.15, 0.2) is 0 Å². The number of aliphatic carboxylic acids is 1. The van der Waals surface area contributed by atoms with Gasteiger partial charge in [-0.2, -0.15) is 18.3 Å². The fraction of sp³-hybridized carbons (Fsp3) is 0.370. The Balaban J connectivity index is 0.000000505. The van der Waals surface area contributed by atoms with Crippen molar-refractivity contribution >= 4 is 17.6 Å². The average Bonchev–Trinajstić information content (AvgIpc) is 3.35. The summed E-state index contributed by atoms with van der Waals surface area (Å²) in [6.07, 6.45) is -5.08. The lowest BCUT2D eigenvalue weighted by Gasteiger charge is -2.34. The van der Waals surface area contributed by atoms with Gasteiger partial charge in [-0.3, -0.25) is 9.89 Å². The minimum atomic E-state index is -5.08. The van der Waals surface area contributed by atoms with E-state index in [1.807, 2.05) is 45.0 Å². The summed E-state index contributed by atoms with van der Waals surface area (Å²) in [5.41, 5.74) is 6.73. The molecule has 1 aliphatic rings. The van der Waals surface area contributed by atoms with Crippen LogP contribution in [0.15, 0.2) is 48.5 Å². The van der Waals surface area contributed by atoms with E-state index >= 15 is 0 Å². The third kappa shape index (κ3) is 7.58. The van der Waals surface area contributed by atoms with Crippen LogP contribution in [0.3, 0.4) is 0 Å². The Morgan fingerprint density at radius 2 is 1.58 bits per heavy atom. The van der Waals surface area contributed by atoms with Crippen LogP contribution in [0, 0.1) is 6.92 Å². The van der Waals surface area contributed by atoms with Crippen LogP contribution in [0.4, 0.5) is 18.9 Å². The number of hydrogen-bond donors (Lipinski definition) is 3. The highest BCUT2D eigenvalue weighted by Gasteiger charge is 2.38. The molecule has 1 saturated heterocycles. The number of aromatic amines is 1. The molecule has 3 aromatic rings. The summed E-state index contributed by atoms with van der Waals surface area (Å²) < 4.78 is 31.7. The molecule has 204 valence electrons.